The van der Waals surface area contributed by atoms with Crippen LogP contribution in [0.15, 0.2) is 18.2 Å². The molecule has 0 radical (unpaired) electrons. The number of nitro groups is 1. The van der Waals surface area contributed by atoms with Gasteiger partial charge in [0, 0.05) is 13.1 Å². The Balaban J connectivity index is 0.00000264. The smallest absolute Gasteiger partial charge is 0.314 e. The summed E-state index contributed by atoms with van der Waals surface area (Å²) in [7, 11) is 1.47. The molecule has 1 aromatic carbocycles. The largest absolute Gasteiger partial charge is 0.496 e. The number of hydrogen-bond acceptors (Lipinski definition) is 6. The maximum absolute atomic E-state index is 11.1. The molecule has 0 aromatic heterocycles. The van der Waals surface area contributed by atoms with Gasteiger partial charge in [0.2, 0.25) is 0 Å². The Kier molecular flexibility index (Phi) is 7.05. The molecular formula is C15H24ClN3O4. The second kappa shape index (κ2) is 8.33. The molecule has 23 heavy (non-hydrogen) atoms. The van der Waals surface area contributed by atoms with Gasteiger partial charge in [0.15, 0.2) is 5.75 Å². The van der Waals surface area contributed by atoms with Crippen molar-refractivity contribution in [2.24, 2.45) is 11.1 Å². The first kappa shape index (κ1) is 19.5. The normalized spacial score (nSPS) is 20.8. The fourth-order valence-electron chi connectivity index (χ4n) is 2.66. The Morgan fingerprint density at radius 2 is 2.22 bits per heavy atom. The average Bonchev–Trinajstić information content (AvgIpc) is 2.89. The van der Waals surface area contributed by atoms with Crippen LogP contribution in [0, 0.1) is 15.5 Å². The number of ether oxygens (including phenoxy) is 2. The van der Waals surface area contributed by atoms with E-state index >= 15 is 0 Å². The standard InChI is InChI=1S/C15H23N3O4.ClH/c1-15(10-16)5-6-17(11-15)7-8-22-14-4-3-12(21-2)9-13(14)18(19)20;/h3-4,9H,5-8,10-11,16H2,1-2H3;1H. The molecule has 0 amide bonds. The molecule has 7 nitrogen and oxygen atoms in total. The highest BCUT2D eigenvalue weighted by atomic mass is 35.5. The summed E-state index contributed by atoms with van der Waals surface area (Å²) in [6.45, 7) is 5.93. The third-order valence-electron chi connectivity index (χ3n) is 4.16. The number of hydrogen-bond donors (Lipinski definition) is 1. The van der Waals surface area contributed by atoms with E-state index in [1.165, 1.54) is 13.2 Å². The molecule has 0 aliphatic carbocycles. The minimum atomic E-state index is -0.459. The molecule has 1 heterocycles. The van der Waals surface area contributed by atoms with Crippen LogP contribution in [-0.2, 0) is 0 Å². The van der Waals surface area contributed by atoms with E-state index < -0.39 is 4.92 Å². The van der Waals surface area contributed by atoms with Crippen LogP contribution < -0.4 is 15.2 Å². The van der Waals surface area contributed by atoms with Gasteiger partial charge in [-0.25, -0.2) is 0 Å². The molecule has 1 atom stereocenters. The zero-order valence-corrected chi connectivity index (χ0v) is 14.3. The summed E-state index contributed by atoms with van der Waals surface area (Å²) in [6, 6.07) is 4.60. The zero-order chi connectivity index (χ0) is 16.2. The lowest BCUT2D eigenvalue weighted by Gasteiger charge is -2.22. The van der Waals surface area contributed by atoms with Crippen molar-refractivity contribution in [3.8, 4) is 11.5 Å². The number of nitrogens with zero attached hydrogens (tertiary/aromatic N) is 2. The molecule has 1 aliphatic heterocycles. The van der Waals surface area contributed by atoms with E-state index in [1.807, 2.05) is 0 Å². The minimum absolute atomic E-state index is 0. The molecule has 0 bridgehead atoms. The maximum Gasteiger partial charge on any atom is 0.314 e. The lowest BCUT2D eigenvalue weighted by molar-refractivity contribution is -0.385. The topological polar surface area (TPSA) is 90.9 Å². The molecule has 1 aromatic rings. The van der Waals surface area contributed by atoms with Crippen LogP contribution in [0.5, 0.6) is 11.5 Å². The lowest BCUT2D eigenvalue weighted by Crippen LogP contribution is -2.33. The average molecular weight is 346 g/mol. The number of nitro benzene ring substituents is 1. The molecular weight excluding hydrogens is 322 g/mol. The van der Waals surface area contributed by atoms with Crippen molar-refractivity contribution >= 4 is 18.1 Å². The van der Waals surface area contributed by atoms with E-state index in [1.54, 1.807) is 12.1 Å². The first-order valence-corrected chi connectivity index (χ1v) is 7.35. The molecule has 2 rings (SSSR count). The molecule has 0 saturated carbocycles. The first-order chi connectivity index (χ1) is 10.5. The Morgan fingerprint density at radius 1 is 1.48 bits per heavy atom. The quantitative estimate of drug-likeness (QED) is 0.601. The van der Waals surface area contributed by atoms with Gasteiger partial charge in [-0.1, -0.05) is 6.92 Å². The molecule has 0 spiro atoms. The van der Waals surface area contributed by atoms with Gasteiger partial charge in [0.25, 0.3) is 0 Å². The number of rotatable bonds is 7. The van der Waals surface area contributed by atoms with Gasteiger partial charge >= 0.3 is 5.69 Å². The second-order valence-corrected chi connectivity index (χ2v) is 5.98. The summed E-state index contributed by atoms with van der Waals surface area (Å²) >= 11 is 0. The molecule has 8 heteroatoms. The zero-order valence-electron chi connectivity index (χ0n) is 13.5. The van der Waals surface area contributed by atoms with Crippen LogP contribution in [0.4, 0.5) is 5.69 Å². The molecule has 1 unspecified atom stereocenters. The Morgan fingerprint density at radius 3 is 2.78 bits per heavy atom. The van der Waals surface area contributed by atoms with Gasteiger partial charge in [0.1, 0.15) is 12.4 Å². The molecule has 1 fully saturated rings. The maximum atomic E-state index is 11.1. The Labute approximate surface area is 142 Å². The van der Waals surface area contributed by atoms with Crippen molar-refractivity contribution < 1.29 is 14.4 Å². The van der Waals surface area contributed by atoms with Gasteiger partial charge < -0.3 is 15.2 Å². The summed E-state index contributed by atoms with van der Waals surface area (Å²) in [5, 5.41) is 11.1. The lowest BCUT2D eigenvalue weighted by atomic mass is 9.90. The number of nitrogens with two attached hydrogens (primary N) is 1. The SMILES string of the molecule is COc1ccc(OCCN2CCC(C)(CN)C2)c([N+](=O)[O-])c1.Cl. The van der Waals surface area contributed by atoms with Gasteiger partial charge in [-0.15, -0.1) is 12.4 Å². The first-order valence-electron chi connectivity index (χ1n) is 7.35. The van der Waals surface area contributed by atoms with Crippen LogP contribution >= 0.6 is 12.4 Å². The van der Waals surface area contributed by atoms with Crippen LogP contribution in [0.1, 0.15) is 13.3 Å². The highest BCUT2D eigenvalue weighted by Crippen LogP contribution is 2.31. The van der Waals surface area contributed by atoms with Gasteiger partial charge in [-0.3, -0.25) is 15.0 Å². The summed E-state index contributed by atoms with van der Waals surface area (Å²) < 4.78 is 10.6. The van der Waals surface area contributed by atoms with Crippen molar-refractivity contribution in [1.82, 2.24) is 4.90 Å². The fraction of sp³-hybridized carbons (Fsp3) is 0.600. The van der Waals surface area contributed by atoms with Crippen molar-refractivity contribution in [3.05, 3.63) is 28.3 Å². The van der Waals surface area contributed by atoms with E-state index in [2.05, 4.69) is 11.8 Å². The van der Waals surface area contributed by atoms with E-state index in [9.17, 15) is 10.1 Å². The van der Waals surface area contributed by atoms with Crippen molar-refractivity contribution in [2.45, 2.75) is 13.3 Å². The fourth-order valence-corrected chi connectivity index (χ4v) is 2.66. The van der Waals surface area contributed by atoms with Crippen LogP contribution in [-0.4, -0.2) is 49.7 Å². The summed E-state index contributed by atoms with van der Waals surface area (Å²) in [5.41, 5.74) is 5.88. The number of likely N-dealkylation sites (tertiary alicyclic amines) is 1. The number of benzene rings is 1. The van der Waals surface area contributed by atoms with E-state index in [4.69, 9.17) is 15.2 Å². The predicted molar refractivity (Wildman–Crippen MR) is 90.6 cm³/mol. The molecule has 130 valence electrons. The molecule has 1 aliphatic rings. The van der Waals surface area contributed by atoms with Crippen molar-refractivity contribution in [3.63, 3.8) is 0 Å². The summed E-state index contributed by atoms with van der Waals surface area (Å²) in [5.74, 6) is 0.712. The third-order valence-corrected chi connectivity index (χ3v) is 4.16. The third kappa shape index (κ3) is 4.95. The number of halogens is 1. The van der Waals surface area contributed by atoms with Crippen molar-refractivity contribution in [1.29, 1.82) is 0 Å². The second-order valence-electron chi connectivity index (χ2n) is 5.98. The van der Waals surface area contributed by atoms with Gasteiger partial charge in [-0.05, 0) is 37.1 Å². The van der Waals surface area contributed by atoms with Gasteiger partial charge in [-0.2, -0.15) is 0 Å². The van der Waals surface area contributed by atoms with Crippen LogP contribution in [0.2, 0.25) is 0 Å². The Hall–Kier alpha value is -1.57. The minimum Gasteiger partial charge on any atom is -0.496 e. The Bertz CT molecular complexity index is 543. The highest BCUT2D eigenvalue weighted by molar-refractivity contribution is 5.85. The predicted octanol–water partition coefficient (Wildman–Crippen LogP) is 2.07. The van der Waals surface area contributed by atoms with E-state index in [0.29, 0.717) is 18.9 Å². The summed E-state index contributed by atoms with van der Waals surface area (Å²) in [6.07, 6.45) is 1.08. The molecule has 1 saturated heterocycles. The van der Waals surface area contributed by atoms with E-state index in [0.717, 1.165) is 26.1 Å². The molecule has 2 N–H and O–H groups in total. The highest BCUT2D eigenvalue weighted by Gasteiger charge is 2.32. The van der Waals surface area contributed by atoms with E-state index in [-0.39, 0.29) is 29.3 Å². The van der Waals surface area contributed by atoms with Crippen LogP contribution in [0.25, 0.3) is 0 Å². The monoisotopic (exact) mass is 345 g/mol. The van der Waals surface area contributed by atoms with Crippen LogP contribution in [0.3, 0.4) is 0 Å². The van der Waals surface area contributed by atoms with Gasteiger partial charge in [0.05, 0.1) is 18.1 Å². The van der Waals surface area contributed by atoms with Crippen molar-refractivity contribution in [2.75, 3.05) is 39.9 Å². The number of methoxy groups -OCH3 is 1. The summed E-state index contributed by atoms with van der Waals surface area (Å²) in [4.78, 5) is 12.9.